The van der Waals surface area contributed by atoms with Gasteiger partial charge in [0.2, 0.25) is 0 Å². The quantitative estimate of drug-likeness (QED) is 0.141. The molecule has 0 bridgehead atoms. The summed E-state index contributed by atoms with van der Waals surface area (Å²) in [6.07, 6.45) is 4.43. The zero-order chi connectivity index (χ0) is 47.3. The summed E-state index contributed by atoms with van der Waals surface area (Å²) in [5.41, 5.74) is 28.0. The van der Waals surface area contributed by atoms with Crippen molar-refractivity contribution in [2.75, 3.05) is 0 Å². The van der Waals surface area contributed by atoms with E-state index in [-0.39, 0.29) is 10.8 Å². The first-order valence-corrected chi connectivity index (χ1v) is 24.7. The van der Waals surface area contributed by atoms with Gasteiger partial charge in [0.05, 0.1) is 11.0 Å². The van der Waals surface area contributed by atoms with E-state index in [9.17, 15) is 0 Å². The molecule has 1 nitrogen and oxygen atoms in total. The lowest BCUT2D eigenvalue weighted by Gasteiger charge is -2.24. The van der Waals surface area contributed by atoms with Crippen LogP contribution in [0.15, 0.2) is 218 Å². The Kier molecular flexibility index (Phi) is 9.52. The van der Waals surface area contributed by atoms with E-state index in [4.69, 9.17) is 0 Å². The minimum atomic E-state index is -0.136. The first-order valence-electron chi connectivity index (χ1n) is 24.7. The number of aryl methyl sites for hydroxylation is 1. The van der Waals surface area contributed by atoms with Gasteiger partial charge in [-0.3, -0.25) is 0 Å². The second kappa shape index (κ2) is 15.9. The first-order chi connectivity index (χ1) is 34.1. The number of hydrogen-bond donors (Lipinski definition) is 0. The maximum Gasteiger partial charge on any atom is 0.0541 e. The van der Waals surface area contributed by atoms with E-state index in [0.717, 1.165) is 0 Å². The van der Waals surface area contributed by atoms with Gasteiger partial charge < -0.3 is 4.57 Å². The molecule has 11 aromatic rings. The number of hydrogen-bond acceptors (Lipinski definition) is 0. The lowest BCUT2D eigenvalue weighted by atomic mass is 9.79. The molecule has 334 valence electrons. The summed E-state index contributed by atoms with van der Waals surface area (Å²) in [5.74, 6) is 0. The molecule has 2 aliphatic carbocycles. The second-order valence-electron chi connectivity index (χ2n) is 20.7. The number of benzene rings is 10. The smallest absolute Gasteiger partial charge is 0.0541 e. The van der Waals surface area contributed by atoms with Crippen LogP contribution in [0, 0.1) is 6.92 Å². The Labute approximate surface area is 411 Å². The van der Waals surface area contributed by atoms with Gasteiger partial charge >= 0.3 is 0 Å². The zero-order valence-corrected chi connectivity index (χ0v) is 40.4. The maximum absolute atomic E-state index is 2.46. The highest BCUT2D eigenvalue weighted by atomic mass is 15.0. The Bertz CT molecular complexity index is 3890. The van der Waals surface area contributed by atoms with Gasteiger partial charge in [0, 0.05) is 27.3 Å². The summed E-state index contributed by atoms with van der Waals surface area (Å²) < 4.78 is 2.37. The SMILES string of the molecule is Cc1ccc(-c2ccc3c(c2)C(C)(C)c2cc(-c4ccc5c(c4)C(C)(C)c4cc(-c6ccc(C=Cc7ccc(-c8ccc9c(c8)c8ccccc8n9-c8ccccc8)cc7)cc6)ccc4-5)ccc2-3)cc1. The van der Waals surface area contributed by atoms with Crippen molar-refractivity contribution in [2.24, 2.45) is 0 Å². The van der Waals surface area contributed by atoms with Gasteiger partial charge in [0.25, 0.3) is 0 Å². The van der Waals surface area contributed by atoms with Crippen LogP contribution in [0.25, 0.3) is 106 Å². The molecule has 1 aromatic heterocycles. The summed E-state index contributed by atoms with van der Waals surface area (Å²) in [7, 11) is 0. The van der Waals surface area contributed by atoms with Gasteiger partial charge in [-0.2, -0.15) is 0 Å². The highest BCUT2D eigenvalue weighted by Gasteiger charge is 2.38. The Morgan fingerprint density at radius 2 is 0.671 bits per heavy atom. The number of fused-ring (bicyclic) bond motifs is 9. The van der Waals surface area contributed by atoms with Gasteiger partial charge in [-0.1, -0.05) is 209 Å². The van der Waals surface area contributed by atoms with Crippen molar-refractivity contribution in [2.45, 2.75) is 45.4 Å². The highest BCUT2D eigenvalue weighted by Crippen LogP contribution is 2.53. The summed E-state index contributed by atoms with van der Waals surface area (Å²) in [5, 5.41) is 2.53. The van der Waals surface area contributed by atoms with E-state index in [0.29, 0.717) is 0 Å². The summed E-state index contributed by atoms with van der Waals surface area (Å²) in [6, 6.07) is 81.4. The van der Waals surface area contributed by atoms with E-state index in [1.54, 1.807) is 0 Å². The van der Waals surface area contributed by atoms with Crippen molar-refractivity contribution in [3.05, 3.63) is 257 Å². The average molecular weight is 896 g/mol. The molecule has 0 fully saturated rings. The Morgan fingerprint density at radius 1 is 0.314 bits per heavy atom. The molecule has 1 heteroatoms. The predicted octanol–water partition coefficient (Wildman–Crippen LogP) is 18.5. The van der Waals surface area contributed by atoms with Crippen molar-refractivity contribution in [3.63, 3.8) is 0 Å². The van der Waals surface area contributed by atoms with Crippen LogP contribution in [0.3, 0.4) is 0 Å². The molecular formula is C69H53N. The van der Waals surface area contributed by atoms with E-state index in [2.05, 4.69) is 270 Å². The van der Waals surface area contributed by atoms with Crippen molar-refractivity contribution in [1.82, 2.24) is 4.57 Å². The van der Waals surface area contributed by atoms with Crippen LogP contribution in [-0.4, -0.2) is 4.57 Å². The lowest BCUT2D eigenvalue weighted by molar-refractivity contribution is 0.660. The number of rotatable bonds is 7. The molecule has 0 saturated heterocycles. The Morgan fingerprint density at radius 3 is 1.14 bits per heavy atom. The molecule has 0 atom stereocenters. The van der Waals surface area contributed by atoms with E-state index in [1.807, 2.05) is 0 Å². The normalized spacial score (nSPS) is 14.0. The monoisotopic (exact) mass is 895 g/mol. The third kappa shape index (κ3) is 6.75. The van der Waals surface area contributed by atoms with Crippen molar-refractivity contribution in [3.8, 4) is 72.4 Å². The minimum absolute atomic E-state index is 0.100. The fraction of sp³-hybridized carbons (Fsp3) is 0.101. The Balaban J connectivity index is 0.719. The van der Waals surface area contributed by atoms with Crippen LogP contribution in [0.5, 0.6) is 0 Å². The van der Waals surface area contributed by atoms with Crippen LogP contribution in [-0.2, 0) is 10.8 Å². The van der Waals surface area contributed by atoms with Crippen LogP contribution < -0.4 is 0 Å². The zero-order valence-electron chi connectivity index (χ0n) is 40.4. The van der Waals surface area contributed by atoms with Crippen LogP contribution >= 0.6 is 0 Å². The number of para-hydroxylation sites is 2. The second-order valence-corrected chi connectivity index (χ2v) is 20.7. The lowest BCUT2D eigenvalue weighted by Crippen LogP contribution is -2.15. The topological polar surface area (TPSA) is 4.93 Å². The van der Waals surface area contributed by atoms with Gasteiger partial charge in [-0.25, -0.2) is 0 Å². The molecule has 0 unspecified atom stereocenters. The Hall–Kier alpha value is -8.26. The average Bonchev–Trinajstić information content (AvgIpc) is 3.94. The van der Waals surface area contributed by atoms with Crippen LogP contribution in [0.1, 0.15) is 66.6 Å². The molecule has 1 heterocycles. The molecule has 10 aromatic carbocycles. The highest BCUT2D eigenvalue weighted by molar-refractivity contribution is 6.10. The van der Waals surface area contributed by atoms with E-state index in [1.165, 1.54) is 133 Å². The third-order valence-corrected chi connectivity index (χ3v) is 15.7. The predicted molar refractivity (Wildman–Crippen MR) is 298 cm³/mol. The minimum Gasteiger partial charge on any atom is -0.309 e. The third-order valence-electron chi connectivity index (χ3n) is 15.7. The fourth-order valence-electron chi connectivity index (χ4n) is 11.7. The standard InChI is InChI=1S/C69H53N/c1-44-15-23-47(24-16-44)51-29-34-56-58-36-31-53(42-64(58)68(2,3)62(56)40-51)54-32-37-59-57-35-30-52(41-63(57)69(4,5)65(59)43-54)49-27-21-46(22-28-49)18-17-45-19-25-48(26-20-45)50-33-38-67-61(39-50)60-13-9-10-14-66(60)70(67)55-11-7-6-8-12-55/h6-43H,1-5H3. The maximum atomic E-state index is 2.46. The molecular weight excluding hydrogens is 843 g/mol. The van der Waals surface area contributed by atoms with Gasteiger partial charge in [0.15, 0.2) is 0 Å². The molecule has 0 aliphatic heterocycles. The molecule has 0 saturated carbocycles. The number of nitrogens with zero attached hydrogens (tertiary/aromatic N) is 1. The van der Waals surface area contributed by atoms with Crippen molar-refractivity contribution in [1.29, 1.82) is 0 Å². The van der Waals surface area contributed by atoms with E-state index < -0.39 is 0 Å². The molecule has 0 N–H and O–H groups in total. The number of aromatic nitrogens is 1. The van der Waals surface area contributed by atoms with Gasteiger partial charge in [0.1, 0.15) is 0 Å². The largest absolute Gasteiger partial charge is 0.309 e. The molecule has 0 spiro atoms. The van der Waals surface area contributed by atoms with Crippen molar-refractivity contribution >= 4 is 34.0 Å². The molecule has 0 radical (unpaired) electrons. The van der Waals surface area contributed by atoms with Gasteiger partial charge in [-0.05, 0) is 162 Å². The first kappa shape index (κ1) is 41.9. The molecule has 13 rings (SSSR count). The summed E-state index contributed by atoms with van der Waals surface area (Å²) in [4.78, 5) is 0. The van der Waals surface area contributed by atoms with Gasteiger partial charge in [-0.15, -0.1) is 0 Å². The van der Waals surface area contributed by atoms with Crippen LogP contribution in [0.2, 0.25) is 0 Å². The van der Waals surface area contributed by atoms with Crippen LogP contribution in [0.4, 0.5) is 0 Å². The molecule has 2 aliphatic rings. The fourth-order valence-corrected chi connectivity index (χ4v) is 11.7. The summed E-state index contributed by atoms with van der Waals surface area (Å²) >= 11 is 0. The summed E-state index contributed by atoms with van der Waals surface area (Å²) in [6.45, 7) is 11.7. The van der Waals surface area contributed by atoms with Crippen molar-refractivity contribution < 1.29 is 0 Å². The van der Waals surface area contributed by atoms with E-state index >= 15 is 0 Å². The molecule has 70 heavy (non-hydrogen) atoms. The molecule has 0 amide bonds.